The molecular formula is C22H31N3O4. The minimum Gasteiger partial charge on any atom is -0.484 e. The summed E-state index contributed by atoms with van der Waals surface area (Å²) in [5.41, 5.74) is 1.15. The number of carbonyl (C=O) groups excluding carboxylic acids is 3. The number of nitrogens with one attached hydrogen (secondary N) is 1. The molecule has 7 nitrogen and oxygen atoms in total. The molecule has 29 heavy (non-hydrogen) atoms. The van der Waals surface area contributed by atoms with E-state index in [0.717, 1.165) is 18.4 Å². The Balaban J connectivity index is 1.39. The minimum absolute atomic E-state index is 0.0231. The van der Waals surface area contributed by atoms with E-state index in [0.29, 0.717) is 25.4 Å². The molecule has 3 amide bonds. The Morgan fingerprint density at radius 1 is 1.17 bits per heavy atom. The molecule has 2 aliphatic heterocycles. The van der Waals surface area contributed by atoms with Crippen LogP contribution in [0.2, 0.25) is 0 Å². The van der Waals surface area contributed by atoms with Crippen LogP contribution in [0, 0.1) is 12.8 Å². The first kappa shape index (κ1) is 21.1. The maximum atomic E-state index is 12.5. The maximum Gasteiger partial charge on any atom is 0.260 e. The standard InChI is InChI=1S/C22H31N3O4/c1-15(2)25-13-17(12-20(25)26)22(28)23-18-8-10-24(11-9-18)21(27)14-29-19-6-4-16(3)5-7-19/h4-7,15,17-18H,8-14H2,1-3H3,(H,23,28). The third kappa shape index (κ3) is 5.49. The molecule has 1 atom stereocenters. The summed E-state index contributed by atoms with van der Waals surface area (Å²) in [6.07, 6.45) is 1.73. The Morgan fingerprint density at radius 3 is 2.41 bits per heavy atom. The number of amides is 3. The number of likely N-dealkylation sites (tertiary alicyclic amines) is 2. The molecule has 2 aliphatic rings. The molecular weight excluding hydrogens is 370 g/mol. The van der Waals surface area contributed by atoms with Crippen molar-refractivity contribution in [2.75, 3.05) is 26.2 Å². The van der Waals surface area contributed by atoms with Crippen molar-refractivity contribution in [1.82, 2.24) is 15.1 Å². The Hall–Kier alpha value is -2.57. The van der Waals surface area contributed by atoms with Gasteiger partial charge < -0.3 is 19.9 Å². The fourth-order valence-corrected chi connectivity index (χ4v) is 3.87. The average molecular weight is 402 g/mol. The van der Waals surface area contributed by atoms with Gasteiger partial charge >= 0.3 is 0 Å². The number of rotatable bonds is 6. The molecule has 2 heterocycles. The van der Waals surface area contributed by atoms with Crippen LogP contribution in [0.1, 0.15) is 38.7 Å². The molecule has 7 heteroatoms. The Labute approximate surface area is 172 Å². The monoisotopic (exact) mass is 401 g/mol. The summed E-state index contributed by atoms with van der Waals surface area (Å²) in [6.45, 7) is 7.65. The summed E-state index contributed by atoms with van der Waals surface area (Å²) in [6, 6.07) is 7.79. The van der Waals surface area contributed by atoms with E-state index in [2.05, 4.69) is 5.32 Å². The van der Waals surface area contributed by atoms with Crippen LogP contribution < -0.4 is 10.1 Å². The smallest absolute Gasteiger partial charge is 0.260 e. The number of piperidine rings is 1. The van der Waals surface area contributed by atoms with Crippen molar-refractivity contribution in [1.29, 1.82) is 0 Å². The first-order valence-corrected chi connectivity index (χ1v) is 10.4. The van der Waals surface area contributed by atoms with Crippen molar-refractivity contribution in [3.05, 3.63) is 29.8 Å². The van der Waals surface area contributed by atoms with E-state index >= 15 is 0 Å². The zero-order valence-corrected chi connectivity index (χ0v) is 17.5. The lowest BCUT2D eigenvalue weighted by Crippen LogP contribution is -2.49. The van der Waals surface area contributed by atoms with Crippen molar-refractivity contribution in [3.8, 4) is 5.75 Å². The third-order valence-corrected chi connectivity index (χ3v) is 5.73. The van der Waals surface area contributed by atoms with Gasteiger partial charge in [0.1, 0.15) is 5.75 Å². The highest BCUT2D eigenvalue weighted by atomic mass is 16.5. The van der Waals surface area contributed by atoms with Gasteiger partial charge in [0.2, 0.25) is 11.8 Å². The number of aryl methyl sites for hydroxylation is 1. The first-order chi connectivity index (χ1) is 13.8. The summed E-state index contributed by atoms with van der Waals surface area (Å²) in [5, 5.41) is 3.08. The first-order valence-electron chi connectivity index (χ1n) is 10.4. The fraction of sp³-hybridized carbons (Fsp3) is 0.591. The highest BCUT2D eigenvalue weighted by Gasteiger charge is 2.36. The summed E-state index contributed by atoms with van der Waals surface area (Å²) in [5.74, 6) is 0.382. The number of benzene rings is 1. The van der Waals surface area contributed by atoms with Gasteiger partial charge in [-0.3, -0.25) is 14.4 Å². The van der Waals surface area contributed by atoms with Gasteiger partial charge in [-0.05, 0) is 45.7 Å². The highest BCUT2D eigenvalue weighted by molar-refractivity contribution is 5.89. The van der Waals surface area contributed by atoms with Gasteiger partial charge in [0.15, 0.2) is 6.61 Å². The molecule has 0 bridgehead atoms. The number of ether oxygens (including phenoxy) is 1. The fourth-order valence-electron chi connectivity index (χ4n) is 3.87. The van der Waals surface area contributed by atoms with Crippen LogP contribution in [-0.2, 0) is 14.4 Å². The normalized spacial score (nSPS) is 20.3. The summed E-state index contributed by atoms with van der Waals surface area (Å²) >= 11 is 0. The van der Waals surface area contributed by atoms with Crippen LogP contribution in [0.25, 0.3) is 0 Å². The molecule has 0 aromatic heterocycles. The van der Waals surface area contributed by atoms with Crippen LogP contribution in [0.15, 0.2) is 24.3 Å². The Bertz CT molecular complexity index is 739. The van der Waals surface area contributed by atoms with E-state index in [1.165, 1.54) is 0 Å². The van der Waals surface area contributed by atoms with Gasteiger partial charge in [0, 0.05) is 38.1 Å². The topological polar surface area (TPSA) is 79.0 Å². The molecule has 1 aromatic rings. The predicted octanol–water partition coefficient (Wildman–Crippen LogP) is 1.74. The number of nitrogens with zero attached hydrogens (tertiary/aromatic N) is 2. The zero-order valence-electron chi connectivity index (χ0n) is 17.5. The third-order valence-electron chi connectivity index (χ3n) is 5.73. The van der Waals surface area contributed by atoms with Crippen LogP contribution >= 0.6 is 0 Å². The van der Waals surface area contributed by atoms with E-state index in [-0.39, 0.29) is 48.8 Å². The summed E-state index contributed by atoms with van der Waals surface area (Å²) in [7, 11) is 0. The summed E-state index contributed by atoms with van der Waals surface area (Å²) < 4.78 is 5.58. The predicted molar refractivity (Wildman–Crippen MR) is 109 cm³/mol. The molecule has 2 fully saturated rings. The number of carbonyl (C=O) groups is 3. The molecule has 3 rings (SSSR count). The molecule has 1 N–H and O–H groups in total. The molecule has 0 saturated carbocycles. The van der Waals surface area contributed by atoms with E-state index in [1.807, 2.05) is 45.0 Å². The quantitative estimate of drug-likeness (QED) is 0.788. The summed E-state index contributed by atoms with van der Waals surface area (Å²) in [4.78, 5) is 40.5. The van der Waals surface area contributed by atoms with Crippen molar-refractivity contribution in [2.45, 2.75) is 52.1 Å². The van der Waals surface area contributed by atoms with Crippen molar-refractivity contribution < 1.29 is 19.1 Å². The molecule has 1 aromatic carbocycles. The van der Waals surface area contributed by atoms with E-state index in [9.17, 15) is 14.4 Å². The van der Waals surface area contributed by atoms with E-state index in [1.54, 1.807) is 9.80 Å². The lowest BCUT2D eigenvalue weighted by Gasteiger charge is -2.32. The largest absolute Gasteiger partial charge is 0.484 e. The van der Waals surface area contributed by atoms with Crippen molar-refractivity contribution in [2.24, 2.45) is 5.92 Å². The lowest BCUT2D eigenvalue weighted by molar-refractivity contribution is -0.134. The van der Waals surface area contributed by atoms with Crippen molar-refractivity contribution in [3.63, 3.8) is 0 Å². The molecule has 2 saturated heterocycles. The highest BCUT2D eigenvalue weighted by Crippen LogP contribution is 2.21. The Morgan fingerprint density at radius 2 is 1.83 bits per heavy atom. The average Bonchev–Trinajstić information content (AvgIpc) is 3.10. The van der Waals surface area contributed by atoms with Gasteiger partial charge in [-0.25, -0.2) is 0 Å². The second-order valence-electron chi connectivity index (χ2n) is 8.31. The van der Waals surface area contributed by atoms with Crippen LogP contribution in [-0.4, -0.2) is 65.8 Å². The van der Waals surface area contributed by atoms with Crippen LogP contribution in [0.4, 0.5) is 0 Å². The molecule has 0 aliphatic carbocycles. The molecule has 0 spiro atoms. The Kier molecular flexibility index (Phi) is 6.77. The SMILES string of the molecule is Cc1ccc(OCC(=O)N2CCC(NC(=O)C3CC(=O)N(C(C)C)C3)CC2)cc1. The lowest BCUT2D eigenvalue weighted by atomic mass is 10.0. The van der Waals surface area contributed by atoms with Crippen molar-refractivity contribution >= 4 is 17.7 Å². The number of hydrogen-bond acceptors (Lipinski definition) is 4. The molecule has 0 radical (unpaired) electrons. The maximum absolute atomic E-state index is 12.5. The van der Waals surface area contributed by atoms with Gasteiger partial charge in [-0.1, -0.05) is 17.7 Å². The minimum atomic E-state index is -0.271. The van der Waals surface area contributed by atoms with Gasteiger partial charge in [-0.15, -0.1) is 0 Å². The zero-order chi connectivity index (χ0) is 21.0. The van der Waals surface area contributed by atoms with E-state index < -0.39 is 0 Å². The van der Waals surface area contributed by atoms with Gasteiger partial charge in [0.05, 0.1) is 5.92 Å². The van der Waals surface area contributed by atoms with Crippen LogP contribution in [0.5, 0.6) is 5.75 Å². The second-order valence-corrected chi connectivity index (χ2v) is 8.31. The second kappa shape index (κ2) is 9.29. The molecule has 158 valence electrons. The van der Waals surface area contributed by atoms with Crippen LogP contribution in [0.3, 0.4) is 0 Å². The van der Waals surface area contributed by atoms with Gasteiger partial charge in [0.25, 0.3) is 5.91 Å². The van der Waals surface area contributed by atoms with E-state index in [4.69, 9.17) is 4.74 Å². The van der Waals surface area contributed by atoms with Gasteiger partial charge in [-0.2, -0.15) is 0 Å². The number of hydrogen-bond donors (Lipinski definition) is 1. The molecule has 1 unspecified atom stereocenters.